The third kappa shape index (κ3) is 2.65. The van der Waals surface area contributed by atoms with E-state index in [1.165, 1.54) is 18.4 Å². The molecule has 0 aliphatic carbocycles. The maximum Gasteiger partial charge on any atom is 0.0570 e. The van der Waals surface area contributed by atoms with Gasteiger partial charge in [-0.3, -0.25) is 4.90 Å². The lowest BCUT2D eigenvalue weighted by molar-refractivity contribution is 0.0406. The highest BCUT2D eigenvalue weighted by Gasteiger charge is 2.39. The summed E-state index contributed by atoms with van der Waals surface area (Å²) >= 11 is 0. The van der Waals surface area contributed by atoms with Crippen LogP contribution in [0.25, 0.3) is 0 Å². The van der Waals surface area contributed by atoms with Gasteiger partial charge in [0.1, 0.15) is 0 Å². The van der Waals surface area contributed by atoms with Crippen molar-refractivity contribution in [2.24, 2.45) is 0 Å². The lowest BCUT2D eigenvalue weighted by Gasteiger charge is -2.37. The summed E-state index contributed by atoms with van der Waals surface area (Å²) in [5.74, 6) is 0. The zero-order chi connectivity index (χ0) is 11.5. The molecule has 0 aromatic rings. The molecule has 2 bridgehead atoms. The van der Waals surface area contributed by atoms with E-state index in [2.05, 4.69) is 23.7 Å². The number of aliphatic hydroxyl groups is 1. The van der Waals surface area contributed by atoms with E-state index >= 15 is 0 Å². The van der Waals surface area contributed by atoms with Gasteiger partial charge in [-0.05, 0) is 37.8 Å². The first-order valence-corrected chi connectivity index (χ1v) is 6.52. The molecule has 0 spiro atoms. The van der Waals surface area contributed by atoms with Crippen LogP contribution in [0.2, 0.25) is 0 Å². The number of rotatable bonds is 5. The summed E-state index contributed by atoms with van der Waals surface area (Å²) in [6.45, 7) is 9.19. The highest BCUT2D eigenvalue weighted by atomic mass is 16.3. The number of nitrogens with zero attached hydrogens (tertiary/aromatic N) is 1. The van der Waals surface area contributed by atoms with Gasteiger partial charge in [-0.15, -0.1) is 0 Å². The number of aliphatic hydroxyl groups excluding tert-OH is 1. The van der Waals surface area contributed by atoms with E-state index in [0.717, 1.165) is 32.5 Å². The van der Waals surface area contributed by atoms with Gasteiger partial charge in [-0.2, -0.15) is 0 Å². The van der Waals surface area contributed by atoms with E-state index < -0.39 is 0 Å². The SMILES string of the molecule is C=C(CNCC)CN1C2CCC1CC(O)C2. The molecule has 2 rings (SSSR count). The van der Waals surface area contributed by atoms with Crippen LogP contribution in [0.1, 0.15) is 32.6 Å². The molecule has 16 heavy (non-hydrogen) atoms. The molecule has 0 aromatic heterocycles. The summed E-state index contributed by atoms with van der Waals surface area (Å²) in [6, 6.07) is 1.21. The molecule has 92 valence electrons. The second-order valence-electron chi connectivity index (χ2n) is 5.21. The van der Waals surface area contributed by atoms with Crippen LogP contribution in [0, 0.1) is 0 Å². The molecule has 0 radical (unpaired) electrons. The Morgan fingerprint density at radius 1 is 1.38 bits per heavy atom. The summed E-state index contributed by atoms with van der Waals surface area (Å²) in [4.78, 5) is 2.56. The molecule has 2 aliphatic heterocycles. The summed E-state index contributed by atoms with van der Waals surface area (Å²) in [5, 5.41) is 13.0. The second kappa shape index (κ2) is 5.30. The predicted molar refractivity (Wildman–Crippen MR) is 66.4 cm³/mol. The molecule has 2 aliphatic rings. The summed E-state index contributed by atoms with van der Waals surface area (Å²) < 4.78 is 0. The van der Waals surface area contributed by atoms with Gasteiger partial charge in [0.15, 0.2) is 0 Å². The fourth-order valence-electron chi connectivity index (χ4n) is 3.12. The molecule has 2 atom stereocenters. The molecule has 0 amide bonds. The van der Waals surface area contributed by atoms with E-state index in [1.54, 1.807) is 0 Å². The normalized spacial score (nSPS) is 34.2. The molecule has 2 unspecified atom stereocenters. The Hall–Kier alpha value is -0.380. The van der Waals surface area contributed by atoms with Crippen LogP contribution in [0.4, 0.5) is 0 Å². The van der Waals surface area contributed by atoms with Crippen molar-refractivity contribution < 1.29 is 5.11 Å². The van der Waals surface area contributed by atoms with Crippen molar-refractivity contribution in [3.8, 4) is 0 Å². The Morgan fingerprint density at radius 3 is 2.56 bits per heavy atom. The van der Waals surface area contributed by atoms with Crippen LogP contribution in [0.5, 0.6) is 0 Å². The van der Waals surface area contributed by atoms with Gasteiger partial charge in [0.2, 0.25) is 0 Å². The molecule has 2 N–H and O–H groups in total. The van der Waals surface area contributed by atoms with E-state index in [9.17, 15) is 5.11 Å². The zero-order valence-corrected chi connectivity index (χ0v) is 10.3. The van der Waals surface area contributed by atoms with Crippen LogP contribution in [-0.4, -0.2) is 47.8 Å². The number of hydrogen-bond acceptors (Lipinski definition) is 3. The number of piperidine rings is 1. The van der Waals surface area contributed by atoms with Gasteiger partial charge in [-0.25, -0.2) is 0 Å². The third-order valence-corrected chi connectivity index (χ3v) is 3.89. The molecular formula is C13H24N2O. The lowest BCUT2D eigenvalue weighted by Crippen LogP contribution is -2.46. The average molecular weight is 224 g/mol. The highest BCUT2D eigenvalue weighted by Crippen LogP contribution is 2.35. The van der Waals surface area contributed by atoms with Crippen molar-refractivity contribution in [1.29, 1.82) is 0 Å². The largest absolute Gasteiger partial charge is 0.393 e. The van der Waals surface area contributed by atoms with Crippen molar-refractivity contribution in [3.05, 3.63) is 12.2 Å². The maximum absolute atomic E-state index is 9.72. The first kappa shape index (κ1) is 12.1. The summed E-state index contributed by atoms with van der Waals surface area (Å²) in [6.07, 6.45) is 4.39. The van der Waals surface area contributed by atoms with Crippen molar-refractivity contribution in [2.45, 2.75) is 50.8 Å². The summed E-state index contributed by atoms with van der Waals surface area (Å²) in [5.41, 5.74) is 1.27. The smallest absolute Gasteiger partial charge is 0.0570 e. The fourth-order valence-corrected chi connectivity index (χ4v) is 3.12. The van der Waals surface area contributed by atoms with Crippen molar-refractivity contribution in [2.75, 3.05) is 19.6 Å². The minimum atomic E-state index is -0.0595. The average Bonchev–Trinajstić information content (AvgIpc) is 2.50. The van der Waals surface area contributed by atoms with Gasteiger partial charge in [0.05, 0.1) is 6.10 Å². The minimum Gasteiger partial charge on any atom is -0.393 e. The van der Waals surface area contributed by atoms with Gasteiger partial charge < -0.3 is 10.4 Å². The molecule has 2 fully saturated rings. The third-order valence-electron chi connectivity index (χ3n) is 3.89. The molecule has 3 nitrogen and oxygen atoms in total. The van der Waals surface area contributed by atoms with Gasteiger partial charge in [0, 0.05) is 25.2 Å². The number of likely N-dealkylation sites (N-methyl/N-ethyl adjacent to an activating group) is 1. The molecule has 0 aromatic carbocycles. The fraction of sp³-hybridized carbons (Fsp3) is 0.846. The Morgan fingerprint density at radius 2 is 2.00 bits per heavy atom. The monoisotopic (exact) mass is 224 g/mol. The van der Waals surface area contributed by atoms with E-state index in [1.807, 2.05) is 0 Å². The van der Waals surface area contributed by atoms with Gasteiger partial charge in [-0.1, -0.05) is 13.5 Å². The first-order valence-electron chi connectivity index (χ1n) is 6.52. The van der Waals surface area contributed by atoms with Crippen LogP contribution < -0.4 is 5.32 Å². The Balaban J connectivity index is 1.84. The van der Waals surface area contributed by atoms with Crippen LogP contribution in [0.3, 0.4) is 0 Å². The van der Waals surface area contributed by atoms with Crippen molar-refractivity contribution in [3.63, 3.8) is 0 Å². The Labute approximate surface area is 98.5 Å². The standard InChI is InChI=1S/C13H24N2O/c1-3-14-8-10(2)9-15-11-4-5-12(15)7-13(16)6-11/h11-14,16H,2-9H2,1H3. The second-order valence-corrected chi connectivity index (χ2v) is 5.21. The zero-order valence-electron chi connectivity index (χ0n) is 10.3. The predicted octanol–water partition coefficient (Wildman–Crippen LogP) is 1.14. The van der Waals surface area contributed by atoms with Crippen LogP contribution in [0.15, 0.2) is 12.2 Å². The van der Waals surface area contributed by atoms with Crippen molar-refractivity contribution >= 4 is 0 Å². The van der Waals surface area contributed by atoms with E-state index in [0.29, 0.717) is 12.1 Å². The lowest BCUT2D eigenvalue weighted by atomic mass is 9.99. The Bertz CT molecular complexity index is 240. The highest BCUT2D eigenvalue weighted by molar-refractivity contribution is 5.05. The van der Waals surface area contributed by atoms with E-state index in [-0.39, 0.29) is 6.10 Å². The van der Waals surface area contributed by atoms with Gasteiger partial charge >= 0.3 is 0 Å². The summed E-state index contributed by atoms with van der Waals surface area (Å²) in [7, 11) is 0. The van der Waals surface area contributed by atoms with Gasteiger partial charge in [0.25, 0.3) is 0 Å². The minimum absolute atomic E-state index is 0.0595. The number of fused-ring (bicyclic) bond motifs is 2. The van der Waals surface area contributed by atoms with E-state index in [4.69, 9.17) is 0 Å². The van der Waals surface area contributed by atoms with Crippen LogP contribution >= 0.6 is 0 Å². The molecule has 0 saturated carbocycles. The Kier molecular flexibility index (Phi) is 4.00. The topological polar surface area (TPSA) is 35.5 Å². The molecule has 3 heteroatoms. The number of nitrogens with one attached hydrogen (secondary N) is 1. The first-order chi connectivity index (χ1) is 7.70. The molecule has 2 saturated heterocycles. The molecular weight excluding hydrogens is 200 g/mol. The quantitative estimate of drug-likeness (QED) is 0.687. The number of hydrogen-bond donors (Lipinski definition) is 2. The van der Waals surface area contributed by atoms with Crippen molar-refractivity contribution in [1.82, 2.24) is 10.2 Å². The van der Waals surface area contributed by atoms with Crippen LogP contribution in [-0.2, 0) is 0 Å². The maximum atomic E-state index is 9.72. The molecule has 2 heterocycles.